The molecular formula is C29H62N2Si6. The summed E-state index contributed by atoms with van der Waals surface area (Å²) in [6.45, 7) is 55.2. The summed E-state index contributed by atoms with van der Waals surface area (Å²) in [7, 11) is -8.60. The van der Waals surface area contributed by atoms with Crippen LogP contribution in [0.2, 0.25) is 74.0 Å². The Labute approximate surface area is 236 Å². The first-order valence-corrected chi connectivity index (χ1v) is 36.4. The Balaban J connectivity index is 2.36. The van der Waals surface area contributed by atoms with Crippen molar-refractivity contribution >= 4 is 43.9 Å². The van der Waals surface area contributed by atoms with Gasteiger partial charge in [-0.05, 0) is 65.5 Å². The number of rotatable bonds is 4. The fourth-order valence-electron chi connectivity index (χ4n) is 14.0. The highest BCUT2D eigenvalue weighted by Gasteiger charge is 3.16. The second-order valence-electron chi connectivity index (χ2n) is 18.9. The molecule has 37 heavy (non-hydrogen) atoms. The smallest absolute Gasteiger partial charge is 0.255 e. The molecule has 1 aliphatic carbocycles. The molecule has 2 fully saturated rings. The predicted octanol–water partition coefficient (Wildman–Crippen LogP) is 9.08. The molecule has 3 heterocycles. The van der Waals surface area contributed by atoms with Gasteiger partial charge in [0.2, 0.25) is 0 Å². The van der Waals surface area contributed by atoms with Crippen LogP contribution in [-0.4, -0.2) is 64.2 Å². The Morgan fingerprint density at radius 2 is 0.892 bits per heavy atom. The number of fused-ring (bicyclic) bond motifs is 3. The molecule has 0 saturated carbocycles. The standard InChI is InChI=1S/C29H62N2Si6/c1-23-24(2)28(10)29(11)27(23,9)35(29,37(32(12,13)14,33(15,16)17)34(18,19)20)36(28)30(25(3,4)5)21-22-31(36)26(6,7)8/h21-22H,1-20H3/t27-,28+,29-,35+/m1/s1. The number of nitrogens with zero attached hydrogens (tertiary/aromatic N) is 2. The summed E-state index contributed by atoms with van der Waals surface area (Å²) in [5.41, 5.74) is 3.97. The Hall–Kier alpha value is 0.381. The Morgan fingerprint density at radius 3 is 1.14 bits per heavy atom. The third-order valence-electron chi connectivity index (χ3n) is 13.2. The van der Waals surface area contributed by atoms with Gasteiger partial charge < -0.3 is 9.13 Å². The van der Waals surface area contributed by atoms with Crippen molar-refractivity contribution in [3.05, 3.63) is 23.5 Å². The Bertz CT molecular complexity index is 1050. The monoisotopic (exact) mass is 606 g/mol. The quantitative estimate of drug-likeness (QED) is 0.233. The van der Waals surface area contributed by atoms with Gasteiger partial charge in [0.15, 0.2) is 0 Å². The zero-order chi connectivity index (χ0) is 29.2. The van der Waals surface area contributed by atoms with Gasteiger partial charge in [-0.1, -0.05) is 90.8 Å². The normalized spacial score (nSPS) is 37.5. The maximum Gasteiger partial charge on any atom is 0.255 e. The van der Waals surface area contributed by atoms with Crippen LogP contribution in [0.1, 0.15) is 76.2 Å². The molecule has 0 aromatic heterocycles. The van der Waals surface area contributed by atoms with Gasteiger partial charge in [0, 0.05) is 57.4 Å². The maximum atomic E-state index is 3.16. The van der Waals surface area contributed by atoms with Gasteiger partial charge in [0.05, 0.1) is 0 Å². The molecule has 4 atom stereocenters. The van der Waals surface area contributed by atoms with Crippen LogP contribution >= 0.6 is 0 Å². The van der Waals surface area contributed by atoms with Crippen molar-refractivity contribution in [3.63, 3.8) is 0 Å². The largest absolute Gasteiger partial charge is 0.383 e. The maximum absolute atomic E-state index is 3.16. The van der Waals surface area contributed by atoms with Crippen molar-refractivity contribution in [1.29, 1.82) is 0 Å². The van der Waals surface area contributed by atoms with Gasteiger partial charge in [-0.2, -0.15) is 0 Å². The number of allylic oxidation sites excluding steroid dienone is 2. The highest BCUT2D eigenvalue weighted by molar-refractivity contribution is 8.16. The van der Waals surface area contributed by atoms with Crippen LogP contribution in [0.25, 0.3) is 0 Å². The molecule has 2 saturated heterocycles. The number of hydrogen-bond donors (Lipinski definition) is 0. The first-order chi connectivity index (χ1) is 16.0. The third kappa shape index (κ3) is 2.42. The Morgan fingerprint density at radius 1 is 0.595 bits per heavy atom. The molecule has 0 radical (unpaired) electrons. The van der Waals surface area contributed by atoms with E-state index in [-0.39, 0.29) is 11.1 Å². The average molecular weight is 607 g/mol. The molecule has 0 aromatic carbocycles. The van der Waals surface area contributed by atoms with E-state index in [0.29, 0.717) is 15.1 Å². The fraction of sp³-hybridized carbons (Fsp3) is 0.862. The van der Waals surface area contributed by atoms with Crippen LogP contribution in [0.3, 0.4) is 0 Å². The van der Waals surface area contributed by atoms with Crippen molar-refractivity contribution in [3.8, 4) is 0 Å². The zero-order valence-electron chi connectivity index (χ0n) is 28.5. The summed E-state index contributed by atoms with van der Waals surface area (Å²) in [5.74, 6) is 0. The average Bonchev–Trinajstić information content (AvgIpc) is 2.93. The van der Waals surface area contributed by atoms with Crippen LogP contribution in [0.5, 0.6) is 0 Å². The van der Waals surface area contributed by atoms with Crippen molar-refractivity contribution in [1.82, 2.24) is 9.13 Å². The number of hydrogen-bond acceptors (Lipinski definition) is 2. The molecule has 0 amide bonds. The second-order valence-corrected chi connectivity index (χ2v) is 80.3. The molecule has 0 unspecified atom stereocenters. The van der Waals surface area contributed by atoms with Crippen LogP contribution in [0, 0.1) is 0 Å². The fourth-order valence-corrected chi connectivity index (χ4v) is 252. The first kappa shape index (κ1) is 30.3. The second kappa shape index (κ2) is 7.05. The molecular weight excluding hydrogens is 545 g/mol. The zero-order valence-corrected chi connectivity index (χ0v) is 34.5. The summed E-state index contributed by atoms with van der Waals surface area (Å²) >= 11 is 0. The molecule has 4 rings (SSSR count). The summed E-state index contributed by atoms with van der Waals surface area (Å²) in [6.07, 6.45) is 3.59. The Kier molecular flexibility index (Phi) is 5.78. The first-order valence-electron chi connectivity index (χ1n) is 15.0. The molecule has 8 heteroatoms. The van der Waals surface area contributed by atoms with Crippen molar-refractivity contribution in [2.45, 2.75) is 161 Å². The summed E-state index contributed by atoms with van der Waals surface area (Å²) in [4.78, 5) is 0. The summed E-state index contributed by atoms with van der Waals surface area (Å²) in [5, 5.41) is 1.32. The lowest BCUT2D eigenvalue weighted by atomic mass is 9.88. The molecule has 0 aromatic rings. The highest BCUT2D eigenvalue weighted by atomic mass is 30.2. The van der Waals surface area contributed by atoms with E-state index in [0.717, 1.165) is 0 Å². The lowest BCUT2D eigenvalue weighted by Crippen LogP contribution is -3.05. The van der Waals surface area contributed by atoms with Crippen LogP contribution in [-0.2, 0) is 0 Å². The lowest BCUT2D eigenvalue weighted by Gasteiger charge is -2.80. The van der Waals surface area contributed by atoms with E-state index in [1.54, 1.807) is 5.57 Å². The molecule has 4 aliphatic rings. The molecule has 0 bridgehead atoms. The summed E-state index contributed by atoms with van der Waals surface area (Å²) in [6, 6.07) is 0. The van der Waals surface area contributed by atoms with Gasteiger partial charge >= 0.3 is 0 Å². The van der Waals surface area contributed by atoms with Gasteiger partial charge in [0.25, 0.3) is 7.91 Å². The molecule has 3 aliphatic heterocycles. The van der Waals surface area contributed by atoms with E-state index in [2.05, 4.69) is 157 Å². The van der Waals surface area contributed by atoms with E-state index in [4.69, 9.17) is 0 Å². The van der Waals surface area contributed by atoms with E-state index in [1.807, 2.05) is 5.57 Å². The van der Waals surface area contributed by atoms with Crippen LogP contribution in [0.4, 0.5) is 0 Å². The van der Waals surface area contributed by atoms with Gasteiger partial charge in [0.1, 0.15) is 7.11 Å². The van der Waals surface area contributed by atoms with Gasteiger partial charge in [-0.25, -0.2) is 0 Å². The van der Waals surface area contributed by atoms with Gasteiger partial charge in [-0.15, -0.1) is 0 Å². The van der Waals surface area contributed by atoms with Crippen molar-refractivity contribution in [2.75, 3.05) is 0 Å². The molecule has 212 valence electrons. The van der Waals surface area contributed by atoms with Gasteiger partial charge in [-0.3, -0.25) is 0 Å². The minimum absolute atomic E-state index is 0.152. The molecule has 1 spiro atoms. The van der Waals surface area contributed by atoms with E-state index in [9.17, 15) is 0 Å². The molecule has 0 N–H and O–H groups in total. The van der Waals surface area contributed by atoms with E-state index in [1.165, 1.54) is 0 Å². The topological polar surface area (TPSA) is 6.48 Å². The van der Waals surface area contributed by atoms with Crippen molar-refractivity contribution < 1.29 is 0 Å². The SMILES string of the molecule is CC1=C(C)[C@]2(C)[C@]3(C)[C@@]1(C)[Si]1(N(C(C)(C)C)C=CN1C(C)(C)C)[Si@@]32[Si]([Si](C)(C)C)([Si](C)(C)C)[Si](C)(C)C. The minimum atomic E-state index is -2.20. The van der Waals surface area contributed by atoms with E-state index >= 15 is 0 Å². The summed E-state index contributed by atoms with van der Waals surface area (Å²) < 4.78 is 6.31. The van der Waals surface area contributed by atoms with E-state index < -0.39 is 43.9 Å². The van der Waals surface area contributed by atoms with Crippen LogP contribution in [0.15, 0.2) is 23.5 Å². The highest BCUT2D eigenvalue weighted by Crippen LogP contribution is 3.11. The third-order valence-corrected chi connectivity index (χ3v) is 152. The lowest BCUT2D eigenvalue weighted by molar-refractivity contribution is 0.243. The van der Waals surface area contributed by atoms with Crippen LogP contribution < -0.4 is 0 Å². The molecule has 2 nitrogen and oxygen atoms in total. The van der Waals surface area contributed by atoms with Crippen molar-refractivity contribution in [2.24, 2.45) is 0 Å². The minimum Gasteiger partial charge on any atom is -0.383 e. The predicted molar refractivity (Wildman–Crippen MR) is 183 cm³/mol.